The van der Waals surface area contributed by atoms with Gasteiger partial charge in [0, 0.05) is 24.6 Å². The summed E-state index contributed by atoms with van der Waals surface area (Å²) in [6, 6.07) is 2.98. The van der Waals surface area contributed by atoms with Gasteiger partial charge in [-0.05, 0) is 22.0 Å². The number of non-ortho nitro benzene ring substituents is 1. The molecule has 1 aromatic carbocycles. The van der Waals surface area contributed by atoms with Crippen molar-refractivity contribution in [2.45, 2.75) is 6.18 Å². The number of nitro benzene ring substituents is 1. The van der Waals surface area contributed by atoms with Crippen molar-refractivity contribution in [3.05, 3.63) is 48.7 Å². The highest BCUT2D eigenvalue weighted by atomic mass is 79.9. The van der Waals surface area contributed by atoms with Crippen LogP contribution in [0.15, 0.2) is 27.5 Å². The molecule has 2 rings (SSSR count). The molecule has 22 heavy (non-hydrogen) atoms. The van der Waals surface area contributed by atoms with E-state index in [1.165, 1.54) is 7.05 Å². The number of nitrogens with zero attached hydrogens (tertiary/aromatic N) is 2. The van der Waals surface area contributed by atoms with Gasteiger partial charge < -0.3 is 4.57 Å². The summed E-state index contributed by atoms with van der Waals surface area (Å²) in [5, 5.41) is 10.3. The summed E-state index contributed by atoms with van der Waals surface area (Å²) in [6.07, 6.45) is -4.81. The van der Waals surface area contributed by atoms with Crippen LogP contribution in [0.3, 0.4) is 0 Å². The number of fused-ring (bicyclic) bond motifs is 1. The molecule has 2 aromatic rings. The number of aryl methyl sites for hydroxylation is 1. The SMILES string of the molecule is Cn1c(=O)c(Br)c(C(F)(F)F)c2cc([N+](=O)[O-])ccc21.SS. The lowest BCUT2D eigenvalue weighted by Gasteiger charge is -2.14. The summed E-state index contributed by atoms with van der Waals surface area (Å²) < 4.78 is 39.6. The first-order chi connectivity index (χ1) is 10.1. The summed E-state index contributed by atoms with van der Waals surface area (Å²) in [4.78, 5) is 21.6. The molecule has 0 amide bonds. The second kappa shape index (κ2) is 6.92. The Balaban J connectivity index is 0.00000116. The van der Waals surface area contributed by atoms with Crippen molar-refractivity contribution >= 4 is 55.8 Å². The minimum absolute atomic E-state index is 0.0314. The fourth-order valence-electron chi connectivity index (χ4n) is 1.89. The van der Waals surface area contributed by atoms with Crippen LogP contribution >= 0.6 is 39.3 Å². The Hall–Kier alpha value is -1.20. The van der Waals surface area contributed by atoms with E-state index in [1.807, 2.05) is 0 Å². The van der Waals surface area contributed by atoms with Gasteiger partial charge in [0.25, 0.3) is 11.2 Å². The van der Waals surface area contributed by atoms with Gasteiger partial charge in [-0.3, -0.25) is 14.9 Å². The van der Waals surface area contributed by atoms with Crippen LogP contribution in [0.1, 0.15) is 5.56 Å². The normalized spacial score (nSPS) is 11.0. The summed E-state index contributed by atoms with van der Waals surface area (Å²) >= 11 is 9.07. The van der Waals surface area contributed by atoms with E-state index in [-0.39, 0.29) is 5.52 Å². The zero-order valence-corrected chi connectivity index (χ0v) is 14.1. The number of rotatable bonds is 1. The summed E-state index contributed by atoms with van der Waals surface area (Å²) in [7, 11) is 1.29. The van der Waals surface area contributed by atoms with Gasteiger partial charge in [0.1, 0.15) is 0 Å². The average Bonchev–Trinajstić information content (AvgIpc) is 2.45. The number of halogens is 4. The van der Waals surface area contributed by atoms with Crippen LogP contribution in [0.2, 0.25) is 0 Å². The van der Waals surface area contributed by atoms with Crippen LogP contribution < -0.4 is 5.56 Å². The van der Waals surface area contributed by atoms with Crippen molar-refractivity contribution in [2.24, 2.45) is 7.05 Å². The zero-order chi connectivity index (χ0) is 17.2. The van der Waals surface area contributed by atoms with Crippen molar-refractivity contribution < 1.29 is 18.1 Å². The molecule has 1 aromatic heterocycles. The van der Waals surface area contributed by atoms with Gasteiger partial charge >= 0.3 is 6.18 Å². The van der Waals surface area contributed by atoms with Crippen LogP contribution in [0.25, 0.3) is 10.9 Å². The number of hydrogen-bond donors (Lipinski definition) is 2. The van der Waals surface area contributed by atoms with Crippen molar-refractivity contribution in [1.82, 2.24) is 4.57 Å². The van der Waals surface area contributed by atoms with Gasteiger partial charge in [0.05, 0.1) is 20.5 Å². The highest BCUT2D eigenvalue weighted by Crippen LogP contribution is 2.39. The monoisotopic (exact) mass is 416 g/mol. The van der Waals surface area contributed by atoms with E-state index < -0.39 is 37.8 Å². The third kappa shape index (κ3) is 3.41. The maximum absolute atomic E-state index is 13.1. The Labute approximate surface area is 140 Å². The van der Waals surface area contributed by atoms with Crippen LogP contribution in [-0.4, -0.2) is 9.49 Å². The van der Waals surface area contributed by atoms with E-state index in [1.54, 1.807) is 0 Å². The Bertz CT molecular complexity index is 793. The maximum atomic E-state index is 13.1. The van der Waals surface area contributed by atoms with E-state index in [4.69, 9.17) is 0 Å². The number of hydrogen-bond acceptors (Lipinski definition) is 5. The molecule has 0 saturated carbocycles. The van der Waals surface area contributed by atoms with Crippen LogP contribution in [-0.2, 0) is 13.2 Å². The summed E-state index contributed by atoms with van der Waals surface area (Å²) in [5.74, 6) is 0. The van der Waals surface area contributed by atoms with Crippen molar-refractivity contribution in [2.75, 3.05) is 0 Å². The maximum Gasteiger partial charge on any atom is 0.418 e. The lowest BCUT2D eigenvalue weighted by Crippen LogP contribution is -2.23. The average molecular weight is 417 g/mol. The fourth-order valence-corrected chi connectivity index (χ4v) is 2.59. The number of aromatic nitrogens is 1. The van der Waals surface area contributed by atoms with Crippen molar-refractivity contribution in [3.8, 4) is 0 Å². The van der Waals surface area contributed by atoms with Crippen molar-refractivity contribution in [1.29, 1.82) is 0 Å². The molecule has 0 spiro atoms. The Kier molecular flexibility index (Phi) is 5.93. The molecule has 0 saturated heterocycles. The van der Waals surface area contributed by atoms with Gasteiger partial charge in [-0.25, -0.2) is 0 Å². The molecule has 120 valence electrons. The molecule has 0 N–H and O–H groups in total. The number of alkyl halides is 3. The third-order valence-corrected chi connectivity index (χ3v) is 3.55. The molecule has 1 heterocycles. The number of thiol groups is 2. The van der Waals surface area contributed by atoms with Gasteiger partial charge in [-0.15, -0.1) is 23.3 Å². The van der Waals surface area contributed by atoms with Gasteiger partial charge in [0.15, 0.2) is 0 Å². The smallest absolute Gasteiger partial charge is 0.310 e. The Morgan fingerprint density at radius 2 is 1.86 bits per heavy atom. The fraction of sp³-hybridized carbons (Fsp3) is 0.182. The molecule has 0 bridgehead atoms. The van der Waals surface area contributed by atoms with Crippen LogP contribution in [0.5, 0.6) is 0 Å². The lowest BCUT2D eigenvalue weighted by molar-refractivity contribution is -0.384. The van der Waals surface area contributed by atoms with E-state index in [9.17, 15) is 28.1 Å². The summed E-state index contributed by atoms with van der Waals surface area (Å²) in [6.45, 7) is 0. The molecule has 5 nitrogen and oxygen atoms in total. The van der Waals surface area contributed by atoms with Gasteiger partial charge in [0.2, 0.25) is 0 Å². The highest BCUT2D eigenvalue weighted by molar-refractivity contribution is 9.10. The van der Waals surface area contributed by atoms with E-state index in [0.29, 0.717) is 0 Å². The first-order valence-electron chi connectivity index (χ1n) is 5.38. The molecule has 0 aliphatic heterocycles. The first-order valence-corrected chi connectivity index (χ1v) is 7.77. The molecule has 0 atom stereocenters. The molecule has 0 aliphatic rings. The summed E-state index contributed by atoms with van der Waals surface area (Å²) in [5.41, 5.74) is -2.58. The molecule has 0 radical (unpaired) electrons. The Morgan fingerprint density at radius 1 is 1.32 bits per heavy atom. The predicted molar refractivity (Wildman–Crippen MR) is 86.5 cm³/mol. The van der Waals surface area contributed by atoms with E-state index in [0.717, 1.165) is 22.8 Å². The second-order valence-corrected chi connectivity index (χ2v) is 4.80. The lowest BCUT2D eigenvalue weighted by atomic mass is 10.1. The van der Waals surface area contributed by atoms with E-state index in [2.05, 4.69) is 39.3 Å². The third-order valence-electron chi connectivity index (χ3n) is 2.82. The quantitative estimate of drug-likeness (QED) is 0.319. The van der Waals surface area contributed by atoms with Gasteiger partial charge in [-0.1, -0.05) is 0 Å². The minimum atomic E-state index is -4.81. The second-order valence-electron chi connectivity index (χ2n) is 4.01. The molecule has 0 unspecified atom stereocenters. The molecular formula is C11H8BrF3N2O3S2. The van der Waals surface area contributed by atoms with Crippen molar-refractivity contribution in [3.63, 3.8) is 0 Å². The molecular weight excluding hydrogens is 409 g/mol. The number of nitro groups is 1. The largest absolute Gasteiger partial charge is 0.418 e. The van der Waals surface area contributed by atoms with Crippen LogP contribution in [0.4, 0.5) is 18.9 Å². The standard InChI is InChI=1S/C11H6BrF3N2O3.H2S2/c1-16-7-3-2-5(17(19)20)4-6(7)8(11(13,14)15)9(12)10(16)18;1-2/h2-4H,1H3;1-2H. The zero-order valence-electron chi connectivity index (χ0n) is 10.8. The minimum Gasteiger partial charge on any atom is -0.310 e. The molecule has 0 aliphatic carbocycles. The highest BCUT2D eigenvalue weighted by Gasteiger charge is 2.37. The topological polar surface area (TPSA) is 65.1 Å². The number of pyridine rings is 1. The van der Waals surface area contributed by atoms with Crippen LogP contribution in [0, 0.1) is 10.1 Å². The van der Waals surface area contributed by atoms with E-state index >= 15 is 0 Å². The predicted octanol–water partition coefficient (Wildman–Crippen LogP) is 3.99. The Morgan fingerprint density at radius 3 is 2.32 bits per heavy atom. The number of benzene rings is 1. The molecule has 0 fully saturated rings. The van der Waals surface area contributed by atoms with Gasteiger partial charge in [-0.2, -0.15) is 13.2 Å². The first kappa shape index (κ1) is 18.8. The molecule has 11 heteroatoms.